The third-order valence-electron chi connectivity index (χ3n) is 3.08. The van der Waals surface area contributed by atoms with Crippen LogP contribution in [0.15, 0.2) is 10.8 Å². The van der Waals surface area contributed by atoms with Gasteiger partial charge < -0.3 is 24.8 Å². The molecular weight excluding hydrogens is 334 g/mol. The largest absolute Gasteiger partial charge is 0.450 e. The van der Waals surface area contributed by atoms with Gasteiger partial charge in [0.1, 0.15) is 24.6 Å². The van der Waals surface area contributed by atoms with Crippen molar-refractivity contribution in [3.05, 3.63) is 12.2 Å². The predicted octanol–water partition coefficient (Wildman–Crippen LogP) is -1.46. The van der Waals surface area contributed by atoms with Gasteiger partial charge in [-0.05, 0) is 6.92 Å². The fraction of sp³-hybridized carbons (Fsp3) is 0.636. The Morgan fingerprint density at radius 3 is 2.87 bits per heavy atom. The molecule has 0 aromatic carbocycles. The number of halogens is 1. The zero-order valence-corrected chi connectivity index (χ0v) is 12.8. The molecule has 2 rings (SSSR count). The first-order chi connectivity index (χ1) is 11.0. The van der Waals surface area contributed by atoms with Crippen molar-refractivity contribution in [1.82, 2.24) is 20.1 Å². The highest BCUT2D eigenvalue weighted by Crippen LogP contribution is 2.28. The number of carbonyl (C=O) groups excluding carboxylic acids is 1. The third-order valence-corrected chi connectivity index (χ3v) is 3.25. The van der Waals surface area contributed by atoms with E-state index in [1.165, 1.54) is 6.33 Å². The number of aliphatic hydroxyl groups excluding tert-OH is 3. The van der Waals surface area contributed by atoms with Gasteiger partial charge in [0, 0.05) is 11.8 Å². The molecule has 4 atom stereocenters. The Kier molecular flexibility index (Phi) is 5.85. The highest BCUT2D eigenvalue weighted by atomic mass is 35.5. The molecule has 4 unspecified atom stereocenters. The number of amidine groups is 1. The summed E-state index contributed by atoms with van der Waals surface area (Å²) in [4.78, 5) is 15.3. The summed E-state index contributed by atoms with van der Waals surface area (Å²) < 4.78 is 14.4. The molecule has 1 fully saturated rings. The number of alkyl carbamates (subject to hydrolysis) is 1. The first-order valence-electron chi connectivity index (χ1n) is 6.68. The van der Waals surface area contributed by atoms with Gasteiger partial charge in [-0.1, -0.05) is 0 Å². The number of hydrogen-bond donors (Lipinski definition) is 4. The number of aromatic nitrogens is 3. The van der Waals surface area contributed by atoms with E-state index in [1.807, 2.05) is 0 Å². The van der Waals surface area contributed by atoms with Crippen LogP contribution in [-0.2, 0) is 9.47 Å². The van der Waals surface area contributed by atoms with Gasteiger partial charge in [0.2, 0.25) is 5.82 Å². The van der Waals surface area contributed by atoms with Gasteiger partial charge in [-0.3, -0.25) is 5.32 Å². The third kappa shape index (κ3) is 3.76. The van der Waals surface area contributed by atoms with Crippen molar-refractivity contribution < 1.29 is 29.6 Å². The van der Waals surface area contributed by atoms with Crippen molar-refractivity contribution in [3.8, 4) is 0 Å². The summed E-state index contributed by atoms with van der Waals surface area (Å²) in [7, 11) is 0. The van der Waals surface area contributed by atoms with Crippen LogP contribution in [0, 0.1) is 0 Å². The van der Waals surface area contributed by atoms with Gasteiger partial charge in [0.25, 0.3) is 0 Å². The maximum absolute atomic E-state index is 11.4. The number of carbonyl (C=O) groups is 1. The topological polar surface area (TPSA) is 151 Å². The van der Waals surface area contributed by atoms with Crippen LogP contribution in [-0.4, -0.2) is 73.5 Å². The fourth-order valence-corrected chi connectivity index (χ4v) is 2.10. The molecule has 1 aromatic heterocycles. The molecule has 12 heteroatoms. The molecule has 0 spiro atoms. The number of amides is 1. The second-order valence-electron chi connectivity index (χ2n) is 4.56. The summed E-state index contributed by atoms with van der Waals surface area (Å²) in [5, 5.41) is 34.9. The monoisotopic (exact) mass is 349 g/mol. The van der Waals surface area contributed by atoms with Crippen LogP contribution in [0.5, 0.6) is 0 Å². The molecule has 0 radical (unpaired) electrons. The lowest BCUT2D eigenvalue weighted by molar-refractivity contribution is -0.0588. The summed E-state index contributed by atoms with van der Waals surface area (Å²) >= 11 is 5.39. The molecular formula is C11H16ClN5O6. The van der Waals surface area contributed by atoms with Crippen LogP contribution in [0.25, 0.3) is 0 Å². The van der Waals surface area contributed by atoms with Crippen molar-refractivity contribution >= 4 is 23.7 Å². The Hall–Kier alpha value is -1.79. The highest BCUT2D eigenvalue weighted by molar-refractivity contribution is 6.23. The van der Waals surface area contributed by atoms with Crippen molar-refractivity contribution in [2.45, 2.75) is 31.5 Å². The van der Waals surface area contributed by atoms with E-state index in [-0.39, 0.29) is 18.3 Å². The normalized spacial score (nSPS) is 28.0. The Bertz CT molecular complexity index is 581. The number of nitrogens with one attached hydrogen (secondary N) is 1. The van der Waals surface area contributed by atoms with Crippen LogP contribution in [0.3, 0.4) is 0 Å². The van der Waals surface area contributed by atoms with Crippen LogP contribution in [0.1, 0.15) is 19.0 Å². The summed E-state index contributed by atoms with van der Waals surface area (Å²) in [5.41, 5.74) is 0. The van der Waals surface area contributed by atoms with E-state index in [1.54, 1.807) is 6.92 Å². The Morgan fingerprint density at radius 1 is 1.57 bits per heavy atom. The van der Waals surface area contributed by atoms with Crippen molar-refractivity contribution in [1.29, 1.82) is 0 Å². The standard InChI is InChI=1S/C11H16ClN5O6/c1-2-22-11(21)14-9(15-12)8-13-4-17(16-8)10-7(20)6(19)5(3-18)23-10/h4-7,10,18-20H,2-3H2,1H3,(H,14,15,21). The van der Waals surface area contributed by atoms with Gasteiger partial charge in [-0.2, -0.15) is 4.51 Å². The van der Waals surface area contributed by atoms with Crippen LogP contribution < -0.4 is 5.32 Å². The summed E-state index contributed by atoms with van der Waals surface area (Å²) in [6.45, 7) is 1.33. The molecule has 1 aromatic rings. The van der Waals surface area contributed by atoms with Crippen molar-refractivity contribution in [2.75, 3.05) is 13.2 Å². The summed E-state index contributed by atoms with van der Waals surface area (Å²) in [6, 6.07) is 0. The van der Waals surface area contributed by atoms with Crippen LogP contribution in [0.2, 0.25) is 0 Å². The zero-order chi connectivity index (χ0) is 17.0. The molecule has 23 heavy (non-hydrogen) atoms. The van der Waals surface area contributed by atoms with E-state index >= 15 is 0 Å². The second-order valence-corrected chi connectivity index (χ2v) is 4.72. The number of hydrogen-bond acceptors (Lipinski definition) is 9. The van der Waals surface area contributed by atoms with E-state index in [4.69, 9.17) is 21.6 Å². The van der Waals surface area contributed by atoms with Crippen LogP contribution >= 0.6 is 11.8 Å². The molecule has 1 amide bonds. The lowest BCUT2D eigenvalue weighted by Crippen LogP contribution is -2.33. The molecule has 1 aliphatic rings. The second kappa shape index (κ2) is 7.66. The van der Waals surface area contributed by atoms with Gasteiger partial charge in [0.15, 0.2) is 12.1 Å². The first kappa shape index (κ1) is 17.6. The molecule has 0 bridgehead atoms. The minimum Gasteiger partial charge on any atom is -0.450 e. The van der Waals surface area contributed by atoms with Gasteiger partial charge in [-0.25, -0.2) is 14.5 Å². The highest BCUT2D eigenvalue weighted by Gasteiger charge is 2.44. The summed E-state index contributed by atoms with van der Waals surface area (Å²) in [6.07, 6.45) is -4.15. The summed E-state index contributed by atoms with van der Waals surface area (Å²) in [5.74, 6) is -0.207. The quantitative estimate of drug-likeness (QED) is 0.380. The Labute approximate surface area is 135 Å². The number of rotatable bonds is 4. The Morgan fingerprint density at radius 2 is 2.30 bits per heavy atom. The average molecular weight is 350 g/mol. The minimum absolute atomic E-state index is 0.0502. The van der Waals surface area contributed by atoms with E-state index < -0.39 is 37.2 Å². The average Bonchev–Trinajstić information content (AvgIpc) is 3.12. The number of nitrogens with zero attached hydrogens (tertiary/aromatic N) is 4. The lowest BCUT2D eigenvalue weighted by Gasteiger charge is -2.13. The van der Waals surface area contributed by atoms with Gasteiger partial charge in [-0.15, -0.1) is 5.10 Å². The molecule has 0 aliphatic carbocycles. The number of ether oxygens (including phenoxy) is 2. The van der Waals surface area contributed by atoms with Crippen molar-refractivity contribution in [2.24, 2.45) is 4.51 Å². The number of aliphatic hydroxyl groups is 3. The zero-order valence-electron chi connectivity index (χ0n) is 12.0. The van der Waals surface area contributed by atoms with Crippen LogP contribution in [0.4, 0.5) is 4.79 Å². The maximum atomic E-state index is 11.4. The van der Waals surface area contributed by atoms with Gasteiger partial charge >= 0.3 is 6.09 Å². The molecule has 1 saturated heterocycles. The Balaban J connectivity index is 2.12. The first-order valence-corrected chi connectivity index (χ1v) is 7.02. The van der Waals surface area contributed by atoms with E-state index in [0.29, 0.717) is 0 Å². The molecule has 2 heterocycles. The SMILES string of the molecule is CCOC(=O)N/C(=N/Cl)c1ncn(C2OC(CO)C(O)C2O)n1. The van der Waals surface area contributed by atoms with Crippen molar-refractivity contribution in [3.63, 3.8) is 0 Å². The molecule has 0 saturated carbocycles. The van der Waals surface area contributed by atoms with E-state index in [9.17, 15) is 15.0 Å². The van der Waals surface area contributed by atoms with E-state index in [0.717, 1.165) is 4.68 Å². The van der Waals surface area contributed by atoms with E-state index in [2.05, 4.69) is 24.6 Å². The molecule has 4 N–H and O–H groups in total. The predicted molar refractivity (Wildman–Crippen MR) is 75.6 cm³/mol. The molecule has 128 valence electrons. The molecule has 11 nitrogen and oxygen atoms in total. The fourth-order valence-electron chi connectivity index (χ4n) is 1.98. The maximum Gasteiger partial charge on any atom is 0.412 e. The molecule has 1 aliphatic heterocycles. The minimum atomic E-state index is -1.31. The van der Waals surface area contributed by atoms with Gasteiger partial charge in [0.05, 0.1) is 13.2 Å². The lowest BCUT2D eigenvalue weighted by atomic mass is 10.1. The smallest absolute Gasteiger partial charge is 0.412 e.